The molecule has 21 heavy (non-hydrogen) atoms. The van der Waals surface area contributed by atoms with Crippen LogP contribution in [-0.4, -0.2) is 62.8 Å². The van der Waals surface area contributed by atoms with Crippen LogP contribution in [0, 0.1) is 0 Å². The van der Waals surface area contributed by atoms with E-state index in [0.717, 1.165) is 25.9 Å². The molecule has 1 amide bonds. The van der Waals surface area contributed by atoms with Crippen molar-refractivity contribution < 1.29 is 19.8 Å². The number of aliphatic hydroxyl groups is 1. The number of piperidine rings is 1. The Morgan fingerprint density at radius 3 is 2.86 bits per heavy atom. The summed E-state index contributed by atoms with van der Waals surface area (Å²) >= 11 is 0. The van der Waals surface area contributed by atoms with E-state index in [1.54, 1.807) is 10.9 Å². The van der Waals surface area contributed by atoms with Crippen LogP contribution >= 0.6 is 0 Å². The molecule has 2 rings (SSSR count). The fourth-order valence-electron chi connectivity index (χ4n) is 2.17. The minimum atomic E-state index is -1.48. The molecule has 0 bridgehead atoms. The quantitative estimate of drug-likeness (QED) is 0.517. The molecule has 1 aromatic heterocycles. The number of amides is 1. The second kappa shape index (κ2) is 7.14. The van der Waals surface area contributed by atoms with Crippen LogP contribution in [0.4, 0.5) is 0 Å². The van der Waals surface area contributed by atoms with Crippen LogP contribution in [0.3, 0.4) is 0 Å². The molecule has 9 heteroatoms. The van der Waals surface area contributed by atoms with Gasteiger partial charge in [-0.1, -0.05) is 5.21 Å². The lowest BCUT2D eigenvalue weighted by molar-refractivity contribution is -0.146. The number of aliphatic hydroxyl groups excluding tert-OH is 1. The molecule has 1 aliphatic rings. The Hall–Kier alpha value is -2.00. The van der Waals surface area contributed by atoms with Gasteiger partial charge in [-0.25, -0.2) is 9.48 Å². The first-order valence-electron chi connectivity index (χ1n) is 6.89. The Bertz CT molecular complexity index is 498. The molecule has 4 N–H and O–H groups in total. The van der Waals surface area contributed by atoms with E-state index in [0.29, 0.717) is 0 Å². The van der Waals surface area contributed by atoms with Crippen molar-refractivity contribution in [2.45, 2.75) is 31.4 Å². The SMILES string of the molecule is O=C(NCC[C@H](O)C(=O)O)c1cn(C2CCNCC2)nn1. The smallest absolute Gasteiger partial charge is 0.332 e. The van der Waals surface area contributed by atoms with E-state index >= 15 is 0 Å². The van der Waals surface area contributed by atoms with Crippen LogP contribution in [-0.2, 0) is 4.79 Å². The summed E-state index contributed by atoms with van der Waals surface area (Å²) in [4.78, 5) is 22.3. The summed E-state index contributed by atoms with van der Waals surface area (Å²) in [6, 6.07) is 0.245. The highest BCUT2D eigenvalue weighted by atomic mass is 16.4. The molecule has 1 fully saturated rings. The molecule has 1 saturated heterocycles. The van der Waals surface area contributed by atoms with Crippen LogP contribution < -0.4 is 10.6 Å². The first kappa shape index (κ1) is 15.4. The second-order valence-corrected chi connectivity index (χ2v) is 4.96. The highest BCUT2D eigenvalue weighted by Gasteiger charge is 2.19. The maximum atomic E-state index is 11.8. The van der Waals surface area contributed by atoms with Crippen molar-refractivity contribution in [2.75, 3.05) is 19.6 Å². The molecule has 0 saturated carbocycles. The van der Waals surface area contributed by atoms with Crippen molar-refractivity contribution in [3.63, 3.8) is 0 Å². The average molecular weight is 297 g/mol. The summed E-state index contributed by atoms with van der Waals surface area (Å²) in [6.07, 6.45) is 1.95. The number of aromatic nitrogens is 3. The van der Waals surface area contributed by atoms with Gasteiger partial charge in [-0.3, -0.25) is 4.79 Å². The predicted octanol–water partition coefficient (Wildman–Crippen LogP) is -1.23. The van der Waals surface area contributed by atoms with Crippen LogP contribution in [0.15, 0.2) is 6.20 Å². The molecule has 0 unspecified atom stereocenters. The Morgan fingerprint density at radius 2 is 2.19 bits per heavy atom. The number of carbonyl (C=O) groups is 2. The molecular weight excluding hydrogens is 278 g/mol. The maximum Gasteiger partial charge on any atom is 0.332 e. The van der Waals surface area contributed by atoms with Gasteiger partial charge in [-0.15, -0.1) is 5.10 Å². The second-order valence-electron chi connectivity index (χ2n) is 4.96. The van der Waals surface area contributed by atoms with Crippen LogP contribution in [0.2, 0.25) is 0 Å². The third kappa shape index (κ3) is 4.23. The first-order chi connectivity index (χ1) is 10.1. The van der Waals surface area contributed by atoms with Crippen molar-refractivity contribution in [3.8, 4) is 0 Å². The number of hydrogen-bond acceptors (Lipinski definition) is 6. The molecule has 1 aliphatic heterocycles. The molecule has 0 aliphatic carbocycles. The van der Waals surface area contributed by atoms with Crippen molar-refractivity contribution in [1.29, 1.82) is 0 Å². The average Bonchev–Trinajstić information content (AvgIpc) is 2.97. The highest BCUT2D eigenvalue weighted by Crippen LogP contribution is 2.16. The van der Waals surface area contributed by atoms with Crippen molar-refractivity contribution in [2.24, 2.45) is 0 Å². The molecule has 0 spiro atoms. The van der Waals surface area contributed by atoms with Gasteiger partial charge in [0.15, 0.2) is 11.8 Å². The topological polar surface area (TPSA) is 129 Å². The zero-order chi connectivity index (χ0) is 15.2. The van der Waals surface area contributed by atoms with Gasteiger partial charge in [0, 0.05) is 13.0 Å². The van der Waals surface area contributed by atoms with E-state index in [1.807, 2.05) is 0 Å². The number of carboxylic acids is 1. The van der Waals surface area contributed by atoms with Gasteiger partial charge in [0.2, 0.25) is 0 Å². The van der Waals surface area contributed by atoms with Crippen molar-refractivity contribution in [1.82, 2.24) is 25.6 Å². The monoisotopic (exact) mass is 297 g/mol. The maximum absolute atomic E-state index is 11.8. The fraction of sp³-hybridized carbons (Fsp3) is 0.667. The third-order valence-electron chi connectivity index (χ3n) is 3.41. The zero-order valence-corrected chi connectivity index (χ0v) is 11.5. The van der Waals surface area contributed by atoms with Gasteiger partial charge < -0.3 is 20.8 Å². The molecular formula is C12H19N5O4. The Balaban J connectivity index is 1.82. The molecule has 0 aromatic carbocycles. The zero-order valence-electron chi connectivity index (χ0n) is 11.5. The van der Waals surface area contributed by atoms with Gasteiger partial charge in [0.25, 0.3) is 5.91 Å². The number of carbonyl (C=O) groups excluding carboxylic acids is 1. The van der Waals surface area contributed by atoms with Gasteiger partial charge in [0.1, 0.15) is 0 Å². The minimum absolute atomic E-state index is 0.0521. The summed E-state index contributed by atoms with van der Waals surface area (Å²) in [5.74, 6) is -1.73. The van der Waals surface area contributed by atoms with E-state index in [1.165, 1.54) is 0 Å². The van der Waals surface area contributed by atoms with Crippen LogP contribution in [0.25, 0.3) is 0 Å². The number of aliphatic carboxylic acids is 1. The molecule has 1 aromatic rings. The number of rotatable bonds is 6. The standard InChI is InChI=1S/C12H19N5O4/c18-10(12(20)21)3-6-14-11(19)9-7-17(16-15-9)8-1-4-13-5-2-8/h7-8,10,13,18H,1-6H2,(H,14,19)(H,20,21)/t10-/m0/s1. The lowest BCUT2D eigenvalue weighted by Crippen LogP contribution is -2.30. The van der Waals surface area contributed by atoms with Crippen LogP contribution in [0.1, 0.15) is 35.8 Å². The highest BCUT2D eigenvalue weighted by molar-refractivity contribution is 5.91. The third-order valence-corrected chi connectivity index (χ3v) is 3.41. The van der Waals surface area contributed by atoms with E-state index in [-0.39, 0.29) is 24.7 Å². The predicted molar refractivity (Wildman–Crippen MR) is 71.8 cm³/mol. The Labute approximate surface area is 121 Å². The van der Waals surface area contributed by atoms with Gasteiger partial charge in [0.05, 0.1) is 12.2 Å². The van der Waals surface area contributed by atoms with E-state index < -0.39 is 18.0 Å². The molecule has 1 atom stereocenters. The Morgan fingerprint density at radius 1 is 1.48 bits per heavy atom. The Kier molecular flexibility index (Phi) is 5.23. The number of nitrogens with one attached hydrogen (secondary N) is 2. The summed E-state index contributed by atoms with van der Waals surface area (Å²) in [5.41, 5.74) is 0.193. The van der Waals surface area contributed by atoms with Gasteiger partial charge in [-0.2, -0.15) is 0 Å². The van der Waals surface area contributed by atoms with Crippen LogP contribution in [0.5, 0.6) is 0 Å². The van der Waals surface area contributed by atoms with Crippen molar-refractivity contribution >= 4 is 11.9 Å². The largest absolute Gasteiger partial charge is 0.479 e. The number of hydrogen-bond donors (Lipinski definition) is 4. The summed E-state index contributed by atoms with van der Waals surface area (Å²) in [6.45, 7) is 1.89. The molecule has 2 heterocycles. The lowest BCUT2D eigenvalue weighted by Gasteiger charge is -2.22. The minimum Gasteiger partial charge on any atom is -0.479 e. The fourth-order valence-corrected chi connectivity index (χ4v) is 2.17. The molecule has 9 nitrogen and oxygen atoms in total. The lowest BCUT2D eigenvalue weighted by atomic mass is 10.1. The van der Waals surface area contributed by atoms with E-state index in [4.69, 9.17) is 10.2 Å². The normalized spacial score (nSPS) is 17.4. The number of nitrogens with zero attached hydrogens (tertiary/aromatic N) is 3. The first-order valence-corrected chi connectivity index (χ1v) is 6.89. The van der Waals surface area contributed by atoms with E-state index in [2.05, 4.69) is 20.9 Å². The van der Waals surface area contributed by atoms with Gasteiger partial charge in [-0.05, 0) is 25.9 Å². The molecule has 116 valence electrons. The summed E-state index contributed by atoms with van der Waals surface area (Å²) in [5, 5.41) is 31.2. The summed E-state index contributed by atoms with van der Waals surface area (Å²) < 4.78 is 1.70. The van der Waals surface area contributed by atoms with E-state index in [9.17, 15) is 9.59 Å². The van der Waals surface area contributed by atoms with Crippen molar-refractivity contribution in [3.05, 3.63) is 11.9 Å². The summed E-state index contributed by atoms with van der Waals surface area (Å²) in [7, 11) is 0. The molecule has 0 radical (unpaired) electrons. The van der Waals surface area contributed by atoms with Gasteiger partial charge >= 0.3 is 5.97 Å². The number of carboxylic acid groups (broad SMARTS) is 1.